The van der Waals surface area contributed by atoms with Gasteiger partial charge in [0.05, 0.1) is 0 Å². The van der Waals surface area contributed by atoms with Crippen molar-refractivity contribution in [2.24, 2.45) is 11.8 Å². The lowest BCUT2D eigenvalue weighted by molar-refractivity contribution is -0.117. The molecule has 2 bridgehead atoms. The number of nitrogens with one attached hydrogen (secondary N) is 1. The van der Waals surface area contributed by atoms with Crippen LogP contribution in [0.3, 0.4) is 0 Å². The van der Waals surface area contributed by atoms with Crippen LogP contribution >= 0.6 is 0 Å². The summed E-state index contributed by atoms with van der Waals surface area (Å²) in [7, 11) is 1.85. The van der Waals surface area contributed by atoms with Crippen LogP contribution in [0, 0.1) is 11.8 Å². The minimum Gasteiger partial charge on any atom is -0.444 e. The predicted octanol–water partition coefficient (Wildman–Crippen LogP) is 4.28. The van der Waals surface area contributed by atoms with Gasteiger partial charge in [0.2, 0.25) is 5.91 Å². The third kappa shape index (κ3) is 4.76. The Kier molecular flexibility index (Phi) is 5.94. The summed E-state index contributed by atoms with van der Waals surface area (Å²) in [6.45, 7) is 7.73. The van der Waals surface area contributed by atoms with E-state index >= 15 is 0 Å². The van der Waals surface area contributed by atoms with Crippen molar-refractivity contribution in [2.75, 3.05) is 12.4 Å². The number of nitrogens with zero attached hydrogens (tertiary/aromatic N) is 2. The van der Waals surface area contributed by atoms with E-state index in [9.17, 15) is 14.4 Å². The van der Waals surface area contributed by atoms with Crippen molar-refractivity contribution in [3.8, 4) is 0 Å². The van der Waals surface area contributed by atoms with Crippen molar-refractivity contribution in [3.63, 3.8) is 0 Å². The summed E-state index contributed by atoms with van der Waals surface area (Å²) >= 11 is 0. The zero-order valence-corrected chi connectivity index (χ0v) is 19.8. The monoisotopic (exact) mass is 441 g/mol. The van der Waals surface area contributed by atoms with Crippen molar-refractivity contribution < 1.29 is 19.1 Å². The molecule has 3 fully saturated rings. The van der Waals surface area contributed by atoms with Crippen LogP contribution < -0.4 is 5.32 Å². The summed E-state index contributed by atoms with van der Waals surface area (Å²) in [5.74, 6) is 0.598. The average Bonchev–Trinajstić information content (AvgIpc) is 3.40. The Labute approximate surface area is 190 Å². The number of hydrogen-bond acceptors (Lipinski definition) is 4. The molecule has 1 unspecified atom stereocenters. The zero-order valence-electron chi connectivity index (χ0n) is 19.8. The largest absolute Gasteiger partial charge is 0.444 e. The third-order valence-corrected chi connectivity index (χ3v) is 7.03. The Bertz CT molecular complexity index is 877. The maximum Gasteiger partial charge on any atom is 0.410 e. The van der Waals surface area contributed by atoms with Crippen LogP contribution in [-0.4, -0.2) is 58.5 Å². The van der Waals surface area contributed by atoms with E-state index in [1.54, 1.807) is 24.3 Å². The van der Waals surface area contributed by atoms with E-state index in [0.717, 1.165) is 37.8 Å². The molecule has 3 amide bonds. The van der Waals surface area contributed by atoms with E-state index in [4.69, 9.17) is 4.74 Å². The molecule has 174 valence electrons. The average molecular weight is 442 g/mol. The molecule has 7 nitrogen and oxygen atoms in total. The highest BCUT2D eigenvalue weighted by Gasteiger charge is 2.46. The van der Waals surface area contributed by atoms with Crippen molar-refractivity contribution in [1.82, 2.24) is 9.80 Å². The number of carbonyl (C=O) groups is 3. The molecule has 3 aliphatic rings. The van der Waals surface area contributed by atoms with E-state index in [0.29, 0.717) is 11.5 Å². The van der Waals surface area contributed by atoms with Crippen LogP contribution in [0.5, 0.6) is 0 Å². The Morgan fingerprint density at radius 2 is 1.59 bits per heavy atom. The molecule has 1 aromatic rings. The van der Waals surface area contributed by atoms with Crippen molar-refractivity contribution in [3.05, 3.63) is 29.8 Å². The van der Waals surface area contributed by atoms with Gasteiger partial charge < -0.3 is 19.9 Å². The molecule has 7 heteroatoms. The number of fused-ring (bicyclic) bond motifs is 2. The molecule has 4 rings (SSSR count). The lowest BCUT2D eigenvalue weighted by Crippen LogP contribution is -2.53. The SMILES string of the molecule is C[C@@H]1C[C@@H]1C(=O)Nc1ccc(C(=O)N(C)C2C[C@H]3CC[C@@H](C2)N3C(=O)OC(C)(C)C)cc1. The zero-order chi connectivity index (χ0) is 23.2. The maximum absolute atomic E-state index is 13.1. The minimum absolute atomic E-state index is 0.0335. The van der Waals surface area contributed by atoms with E-state index in [1.807, 2.05) is 37.6 Å². The first-order chi connectivity index (χ1) is 15.0. The molecule has 1 saturated carbocycles. The number of hydrogen-bond donors (Lipinski definition) is 1. The van der Waals surface area contributed by atoms with Crippen LogP contribution in [0.2, 0.25) is 0 Å². The summed E-state index contributed by atoms with van der Waals surface area (Å²) in [6.07, 6.45) is 4.15. The van der Waals surface area contributed by atoms with Gasteiger partial charge in [-0.2, -0.15) is 0 Å². The van der Waals surface area contributed by atoms with Gasteiger partial charge >= 0.3 is 6.09 Å². The first kappa shape index (κ1) is 22.6. The lowest BCUT2D eigenvalue weighted by atomic mass is 9.96. The smallest absolute Gasteiger partial charge is 0.410 e. The van der Waals surface area contributed by atoms with Gasteiger partial charge in [-0.25, -0.2) is 4.79 Å². The molecule has 32 heavy (non-hydrogen) atoms. The third-order valence-electron chi connectivity index (χ3n) is 7.03. The van der Waals surface area contributed by atoms with Crippen molar-refractivity contribution in [2.45, 2.75) is 83.5 Å². The number of amides is 3. The molecular weight excluding hydrogens is 406 g/mol. The number of rotatable bonds is 4. The second kappa shape index (κ2) is 8.41. The lowest BCUT2D eigenvalue weighted by Gasteiger charge is -2.42. The van der Waals surface area contributed by atoms with Crippen LogP contribution in [0.4, 0.5) is 10.5 Å². The van der Waals surface area contributed by atoms with Crippen LogP contribution in [0.25, 0.3) is 0 Å². The van der Waals surface area contributed by atoms with Crippen LogP contribution in [0.1, 0.15) is 70.2 Å². The number of benzene rings is 1. The fraction of sp³-hybridized carbons (Fsp3) is 0.640. The van der Waals surface area contributed by atoms with Gasteiger partial charge in [0.15, 0.2) is 0 Å². The molecule has 1 N–H and O–H groups in total. The summed E-state index contributed by atoms with van der Waals surface area (Å²) in [5.41, 5.74) is 0.812. The normalized spacial score (nSPS) is 28.8. The molecule has 5 atom stereocenters. The van der Waals surface area contributed by atoms with Gasteiger partial charge in [0, 0.05) is 42.3 Å². The second-order valence-electron chi connectivity index (χ2n) is 10.7. The highest BCUT2D eigenvalue weighted by Crippen LogP contribution is 2.39. The number of anilines is 1. The first-order valence-electron chi connectivity index (χ1n) is 11.7. The fourth-order valence-corrected chi connectivity index (χ4v) is 5.07. The molecule has 2 aliphatic heterocycles. The second-order valence-corrected chi connectivity index (χ2v) is 10.7. The highest BCUT2D eigenvalue weighted by molar-refractivity contribution is 5.97. The van der Waals surface area contributed by atoms with Gasteiger partial charge in [-0.1, -0.05) is 6.92 Å². The van der Waals surface area contributed by atoms with Gasteiger partial charge in [-0.05, 0) is 83.1 Å². The highest BCUT2D eigenvalue weighted by atomic mass is 16.6. The summed E-state index contributed by atoms with van der Waals surface area (Å²) in [5, 5.41) is 2.93. The van der Waals surface area contributed by atoms with Gasteiger partial charge in [-0.15, -0.1) is 0 Å². The van der Waals surface area contributed by atoms with Gasteiger partial charge in [0.1, 0.15) is 5.60 Å². The molecule has 2 heterocycles. The standard InChI is InChI=1S/C25H35N3O4/c1-15-12-21(15)22(29)26-17-8-6-16(7-9-17)23(30)27(5)20-13-18-10-11-19(14-20)28(18)24(31)32-25(2,3)4/h6-9,15,18-21H,10-14H2,1-5H3,(H,26,29)/t15-,18-,19+,20?,21+/m1/s1. The summed E-state index contributed by atoms with van der Waals surface area (Å²) in [6, 6.07) is 7.46. The van der Waals surface area contributed by atoms with Crippen LogP contribution in [-0.2, 0) is 9.53 Å². The van der Waals surface area contributed by atoms with Gasteiger partial charge in [-0.3, -0.25) is 9.59 Å². The first-order valence-corrected chi connectivity index (χ1v) is 11.7. The van der Waals surface area contributed by atoms with Crippen molar-refractivity contribution >= 4 is 23.6 Å². The molecule has 0 spiro atoms. The summed E-state index contributed by atoms with van der Waals surface area (Å²) in [4.78, 5) is 41.6. The molecule has 1 aromatic carbocycles. The number of carbonyl (C=O) groups excluding carboxylic acids is 3. The number of piperidine rings is 1. The predicted molar refractivity (Wildman–Crippen MR) is 122 cm³/mol. The fourth-order valence-electron chi connectivity index (χ4n) is 5.07. The van der Waals surface area contributed by atoms with Crippen LogP contribution in [0.15, 0.2) is 24.3 Å². The molecule has 1 aliphatic carbocycles. The summed E-state index contributed by atoms with van der Waals surface area (Å²) < 4.78 is 5.61. The topological polar surface area (TPSA) is 79.0 Å². The maximum atomic E-state index is 13.1. The van der Waals surface area contributed by atoms with Crippen molar-refractivity contribution in [1.29, 1.82) is 0 Å². The van der Waals surface area contributed by atoms with E-state index < -0.39 is 5.60 Å². The Morgan fingerprint density at radius 1 is 1.03 bits per heavy atom. The Morgan fingerprint density at radius 3 is 2.09 bits per heavy atom. The molecule has 0 aromatic heterocycles. The Hall–Kier alpha value is -2.57. The number of ether oxygens (including phenoxy) is 1. The Balaban J connectivity index is 1.35. The molecule has 0 radical (unpaired) electrons. The van der Waals surface area contributed by atoms with E-state index in [1.165, 1.54) is 0 Å². The van der Waals surface area contributed by atoms with Gasteiger partial charge in [0.25, 0.3) is 5.91 Å². The van der Waals surface area contributed by atoms with E-state index in [-0.39, 0.29) is 42.0 Å². The molecular formula is C25H35N3O4. The molecule has 2 saturated heterocycles. The minimum atomic E-state index is -0.511. The van der Waals surface area contributed by atoms with E-state index in [2.05, 4.69) is 12.2 Å². The quantitative estimate of drug-likeness (QED) is 0.756.